The van der Waals surface area contributed by atoms with Crippen molar-refractivity contribution in [1.82, 2.24) is 10.3 Å². The molecule has 0 radical (unpaired) electrons. The van der Waals surface area contributed by atoms with Crippen LogP contribution in [0.3, 0.4) is 0 Å². The van der Waals surface area contributed by atoms with Gasteiger partial charge in [0.15, 0.2) is 0 Å². The second-order valence-corrected chi connectivity index (χ2v) is 6.49. The summed E-state index contributed by atoms with van der Waals surface area (Å²) in [6.07, 6.45) is 1.46. The fraction of sp³-hybridized carbons (Fsp3) is 0.136. The van der Waals surface area contributed by atoms with Crippen molar-refractivity contribution >= 4 is 23.2 Å². The first-order chi connectivity index (χ1) is 13.5. The maximum Gasteiger partial charge on any atom is 0.270 e. The largest absolute Gasteiger partial charge is 0.378 e. The zero-order valence-electron chi connectivity index (χ0n) is 15.8. The van der Waals surface area contributed by atoms with Gasteiger partial charge in [0.1, 0.15) is 5.69 Å². The number of hydrogen-bond donors (Lipinski definition) is 2. The number of pyridine rings is 1. The smallest absolute Gasteiger partial charge is 0.270 e. The molecule has 3 rings (SSSR count). The molecular formula is C22H22N4O2. The SMILES string of the molecule is CN(C)c1ccc(NC(=O)c2ccnc(C(=O)NCc3ccccc3)c2)cc1. The molecule has 6 heteroatoms. The lowest BCUT2D eigenvalue weighted by molar-refractivity contribution is 0.0946. The minimum absolute atomic E-state index is 0.200. The van der Waals surface area contributed by atoms with Crippen LogP contribution >= 0.6 is 0 Å². The maximum atomic E-state index is 12.5. The Morgan fingerprint density at radius 2 is 1.64 bits per heavy atom. The lowest BCUT2D eigenvalue weighted by Crippen LogP contribution is -2.24. The van der Waals surface area contributed by atoms with Crippen molar-refractivity contribution in [3.05, 3.63) is 89.7 Å². The van der Waals surface area contributed by atoms with Gasteiger partial charge in [0.25, 0.3) is 11.8 Å². The quantitative estimate of drug-likeness (QED) is 0.694. The van der Waals surface area contributed by atoms with Crippen molar-refractivity contribution in [1.29, 1.82) is 0 Å². The van der Waals surface area contributed by atoms with Crippen molar-refractivity contribution in [2.75, 3.05) is 24.3 Å². The number of hydrogen-bond acceptors (Lipinski definition) is 4. The fourth-order valence-corrected chi connectivity index (χ4v) is 2.61. The Morgan fingerprint density at radius 1 is 0.929 bits per heavy atom. The molecule has 0 saturated carbocycles. The number of aromatic nitrogens is 1. The molecule has 1 aromatic heterocycles. The first-order valence-corrected chi connectivity index (χ1v) is 8.90. The number of carbonyl (C=O) groups is 2. The predicted octanol–water partition coefficient (Wildman–Crippen LogP) is 3.33. The van der Waals surface area contributed by atoms with E-state index in [9.17, 15) is 9.59 Å². The zero-order chi connectivity index (χ0) is 19.9. The van der Waals surface area contributed by atoms with Gasteiger partial charge in [-0.25, -0.2) is 0 Å². The Kier molecular flexibility index (Phi) is 6.01. The number of nitrogens with zero attached hydrogens (tertiary/aromatic N) is 2. The molecule has 0 aliphatic rings. The van der Waals surface area contributed by atoms with Gasteiger partial charge in [0.2, 0.25) is 0 Å². The van der Waals surface area contributed by atoms with Crippen molar-refractivity contribution in [3.63, 3.8) is 0 Å². The van der Waals surface area contributed by atoms with Crippen molar-refractivity contribution in [3.8, 4) is 0 Å². The summed E-state index contributed by atoms with van der Waals surface area (Å²) in [6.45, 7) is 0.399. The predicted molar refractivity (Wildman–Crippen MR) is 111 cm³/mol. The molecule has 0 saturated heterocycles. The van der Waals surface area contributed by atoms with Gasteiger partial charge in [0, 0.05) is 43.8 Å². The molecule has 142 valence electrons. The number of anilines is 2. The van der Waals surface area contributed by atoms with Crippen molar-refractivity contribution in [2.24, 2.45) is 0 Å². The van der Waals surface area contributed by atoms with E-state index in [1.807, 2.05) is 73.6 Å². The van der Waals surface area contributed by atoms with E-state index in [2.05, 4.69) is 15.6 Å². The van der Waals surface area contributed by atoms with Crippen LogP contribution in [0.1, 0.15) is 26.4 Å². The van der Waals surface area contributed by atoms with Crippen molar-refractivity contribution in [2.45, 2.75) is 6.54 Å². The number of nitrogens with one attached hydrogen (secondary N) is 2. The Hall–Kier alpha value is -3.67. The van der Waals surface area contributed by atoms with Gasteiger partial charge < -0.3 is 15.5 Å². The molecule has 0 bridgehead atoms. The molecule has 2 aromatic carbocycles. The molecule has 0 spiro atoms. The van der Waals surface area contributed by atoms with Crippen LogP contribution in [0, 0.1) is 0 Å². The highest BCUT2D eigenvalue weighted by Crippen LogP contribution is 2.16. The van der Waals surface area contributed by atoms with Crippen LogP contribution < -0.4 is 15.5 Å². The van der Waals surface area contributed by atoms with E-state index in [0.29, 0.717) is 17.8 Å². The molecule has 0 unspecified atom stereocenters. The second-order valence-electron chi connectivity index (χ2n) is 6.49. The van der Waals surface area contributed by atoms with E-state index >= 15 is 0 Å². The summed E-state index contributed by atoms with van der Waals surface area (Å²) >= 11 is 0. The van der Waals surface area contributed by atoms with E-state index in [4.69, 9.17) is 0 Å². The summed E-state index contributed by atoms with van der Waals surface area (Å²) in [5.74, 6) is -0.619. The first kappa shape index (κ1) is 19.1. The summed E-state index contributed by atoms with van der Waals surface area (Å²) in [7, 11) is 3.91. The lowest BCUT2D eigenvalue weighted by Gasteiger charge is -2.13. The van der Waals surface area contributed by atoms with Gasteiger partial charge in [-0.1, -0.05) is 30.3 Å². The van der Waals surface area contributed by atoms with E-state index < -0.39 is 0 Å². The molecule has 0 aliphatic carbocycles. The standard InChI is InChI=1S/C22H22N4O2/c1-26(2)19-10-8-18(9-11-19)25-21(27)17-12-13-23-20(14-17)22(28)24-15-16-6-4-3-5-7-16/h3-14H,15H2,1-2H3,(H,24,28)(H,25,27). The van der Waals surface area contributed by atoms with Crippen LogP contribution in [-0.2, 0) is 6.54 Å². The second kappa shape index (κ2) is 8.81. The van der Waals surface area contributed by atoms with E-state index in [-0.39, 0.29) is 17.5 Å². The van der Waals surface area contributed by atoms with Crippen LogP contribution in [0.5, 0.6) is 0 Å². The Balaban J connectivity index is 1.64. The van der Waals surface area contributed by atoms with Crippen LogP contribution in [0.4, 0.5) is 11.4 Å². The molecular weight excluding hydrogens is 352 g/mol. The highest BCUT2D eigenvalue weighted by molar-refractivity contribution is 6.05. The van der Waals surface area contributed by atoms with Gasteiger partial charge in [0.05, 0.1) is 0 Å². The average molecular weight is 374 g/mol. The minimum Gasteiger partial charge on any atom is -0.378 e. The molecule has 3 aromatic rings. The Bertz CT molecular complexity index is 954. The maximum absolute atomic E-state index is 12.5. The van der Waals surface area contributed by atoms with Gasteiger partial charge >= 0.3 is 0 Å². The number of carbonyl (C=O) groups excluding carboxylic acids is 2. The normalized spacial score (nSPS) is 10.2. The molecule has 0 fully saturated rings. The first-order valence-electron chi connectivity index (χ1n) is 8.90. The van der Waals surface area contributed by atoms with Gasteiger partial charge in [-0.2, -0.15) is 0 Å². The third-order valence-electron chi connectivity index (χ3n) is 4.19. The van der Waals surface area contributed by atoms with Gasteiger partial charge in [-0.15, -0.1) is 0 Å². The third kappa shape index (κ3) is 4.94. The third-order valence-corrected chi connectivity index (χ3v) is 4.19. The molecule has 1 heterocycles. The average Bonchev–Trinajstić information content (AvgIpc) is 2.73. The number of amides is 2. The molecule has 2 N–H and O–H groups in total. The molecule has 6 nitrogen and oxygen atoms in total. The molecule has 2 amide bonds. The Morgan fingerprint density at radius 3 is 2.32 bits per heavy atom. The molecule has 0 atom stereocenters. The highest BCUT2D eigenvalue weighted by Gasteiger charge is 2.12. The van der Waals surface area contributed by atoms with Crippen LogP contribution in [-0.4, -0.2) is 30.9 Å². The molecule has 28 heavy (non-hydrogen) atoms. The van der Waals surface area contributed by atoms with Crippen LogP contribution in [0.2, 0.25) is 0 Å². The van der Waals surface area contributed by atoms with Gasteiger partial charge in [-0.3, -0.25) is 14.6 Å². The van der Waals surface area contributed by atoms with E-state index in [1.54, 1.807) is 6.07 Å². The summed E-state index contributed by atoms with van der Waals surface area (Å²) in [6, 6.07) is 20.2. The fourth-order valence-electron chi connectivity index (χ4n) is 2.61. The van der Waals surface area contributed by atoms with Crippen LogP contribution in [0.15, 0.2) is 72.9 Å². The molecule has 0 aliphatic heterocycles. The summed E-state index contributed by atoms with van der Waals surface area (Å²) in [5, 5.41) is 5.64. The van der Waals surface area contributed by atoms with Gasteiger partial charge in [-0.05, 0) is 42.0 Å². The minimum atomic E-state index is -0.325. The monoisotopic (exact) mass is 374 g/mol. The lowest BCUT2D eigenvalue weighted by atomic mass is 10.2. The topological polar surface area (TPSA) is 74.3 Å². The number of benzene rings is 2. The summed E-state index contributed by atoms with van der Waals surface area (Å²) < 4.78 is 0. The summed E-state index contributed by atoms with van der Waals surface area (Å²) in [4.78, 5) is 30.9. The van der Waals surface area contributed by atoms with E-state index in [0.717, 1.165) is 11.3 Å². The number of rotatable bonds is 6. The van der Waals surface area contributed by atoms with Crippen molar-refractivity contribution < 1.29 is 9.59 Å². The summed E-state index contributed by atoms with van der Waals surface area (Å²) in [5.41, 5.74) is 3.29. The Labute approximate surface area is 164 Å². The van der Waals surface area contributed by atoms with E-state index in [1.165, 1.54) is 12.3 Å². The van der Waals surface area contributed by atoms with Crippen LogP contribution in [0.25, 0.3) is 0 Å². The zero-order valence-corrected chi connectivity index (χ0v) is 15.8. The highest BCUT2D eigenvalue weighted by atomic mass is 16.2.